The van der Waals surface area contributed by atoms with Crippen molar-refractivity contribution in [2.45, 2.75) is 38.7 Å². The summed E-state index contributed by atoms with van der Waals surface area (Å²) < 4.78 is 16.9. The van der Waals surface area contributed by atoms with Gasteiger partial charge in [-0.05, 0) is 50.3 Å². The number of rotatable bonds is 3. The highest BCUT2D eigenvalue weighted by Gasteiger charge is 2.40. The van der Waals surface area contributed by atoms with Crippen LogP contribution < -0.4 is 10.4 Å². The maximum atomic E-state index is 12.8. The van der Waals surface area contributed by atoms with E-state index in [4.69, 9.17) is 13.9 Å². The molecule has 1 aliphatic carbocycles. The Hall–Kier alpha value is -2.34. The topological polar surface area (TPSA) is 69.0 Å². The van der Waals surface area contributed by atoms with Gasteiger partial charge in [-0.3, -0.25) is 4.79 Å². The molecule has 2 aliphatic heterocycles. The van der Waals surface area contributed by atoms with E-state index in [-0.39, 0.29) is 11.5 Å². The Morgan fingerprint density at radius 1 is 1.14 bits per heavy atom. The summed E-state index contributed by atoms with van der Waals surface area (Å²) in [6.07, 6.45) is 3.25. The highest BCUT2D eigenvalue weighted by atomic mass is 16.5. The normalized spacial score (nSPS) is 24.8. The van der Waals surface area contributed by atoms with Crippen LogP contribution in [0.1, 0.15) is 30.9 Å². The molecular formula is C22H25NO5. The molecule has 1 unspecified atom stereocenters. The number of likely N-dealkylation sites (tertiary alicyclic amines) is 1. The van der Waals surface area contributed by atoms with Crippen molar-refractivity contribution >= 4 is 16.9 Å². The van der Waals surface area contributed by atoms with Crippen molar-refractivity contribution in [3.05, 3.63) is 39.7 Å². The number of carbonyl (C=O) groups is 1. The van der Waals surface area contributed by atoms with Gasteiger partial charge in [0, 0.05) is 41.9 Å². The molecule has 0 bridgehead atoms. The maximum Gasteiger partial charge on any atom is 0.339 e. The Labute approximate surface area is 163 Å². The lowest BCUT2D eigenvalue weighted by Crippen LogP contribution is -2.39. The van der Waals surface area contributed by atoms with Gasteiger partial charge in [-0.25, -0.2) is 4.79 Å². The third-order valence-electron chi connectivity index (χ3n) is 6.41. The number of benzene rings is 1. The van der Waals surface area contributed by atoms with Gasteiger partial charge in [0.25, 0.3) is 5.91 Å². The molecule has 1 aromatic heterocycles. The number of fused-ring (bicyclic) bond motifs is 4. The van der Waals surface area contributed by atoms with Crippen LogP contribution in [0.5, 0.6) is 5.75 Å². The van der Waals surface area contributed by atoms with Gasteiger partial charge >= 0.3 is 5.63 Å². The lowest BCUT2D eigenvalue weighted by molar-refractivity contribution is -0.137. The average Bonchev–Trinajstić information content (AvgIpc) is 3.29. The van der Waals surface area contributed by atoms with Gasteiger partial charge < -0.3 is 18.8 Å². The quantitative estimate of drug-likeness (QED) is 0.762. The number of hydrogen-bond acceptors (Lipinski definition) is 5. The molecule has 148 valence electrons. The van der Waals surface area contributed by atoms with E-state index in [1.165, 1.54) is 0 Å². The summed E-state index contributed by atoms with van der Waals surface area (Å²) in [4.78, 5) is 27.0. The van der Waals surface area contributed by atoms with Crippen molar-refractivity contribution in [3.63, 3.8) is 0 Å². The summed E-state index contributed by atoms with van der Waals surface area (Å²) in [5.74, 6) is 1.46. The van der Waals surface area contributed by atoms with Crippen LogP contribution in [0.2, 0.25) is 0 Å². The molecule has 2 saturated heterocycles. The van der Waals surface area contributed by atoms with E-state index in [2.05, 4.69) is 0 Å². The first-order chi connectivity index (χ1) is 13.6. The molecule has 3 atom stereocenters. The van der Waals surface area contributed by atoms with Gasteiger partial charge in [-0.2, -0.15) is 0 Å². The molecule has 0 N–H and O–H groups in total. The van der Waals surface area contributed by atoms with E-state index in [1.807, 2.05) is 17.0 Å². The zero-order chi connectivity index (χ0) is 19.3. The van der Waals surface area contributed by atoms with Crippen LogP contribution >= 0.6 is 0 Å². The zero-order valence-corrected chi connectivity index (χ0v) is 16.1. The van der Waals surface area contributed by atoms with Crippen LogP contribution in [0.25, 0.3) is 11.0 Å². The van der Waals surface area contributed by atoms with Crippen LogP contribution in [-0.2, 0) is 22.4 Å². The van der Waals surface area contributed by atoms with Crippen LogP contribution in [0.15, 0.2) is 27.4 Å². The van der Waals surface area contributed by atoms with Crippen molar-refractivity contribution in [1.82, 2.24) is 4.90 Å². The molecule has 6 nitrogen and oxygen atoms in total. The number of ether oxygens (including phenoxy) is 2. The molecule has 1 amide bonds. The van der Waals surface area contributed by atoms with E-state index in [0.29, 0.717) is 23.2 Å². The van der Waals surface area contributed by atoms with Gasteiger partial charge in [-0.1, -0.05) is 0 Å². The molecule has 0 radical (unpaired) electrons. The van der Waals surface area contributed by atoms with Crippen LogP contribution in [0, 0.1) is 11.8 Å². The summed E-state index contributed by atoms with van der Waals surface area (Å²) in [7, 11) is 0. The molecule has 1 aromatic carbocycles. The molecule has 28 heavy (non-hydrogen) atoms. The molecule has 2 aromatic rings. The largest absolute Gasteiger partial charge is 0.481 e. The van der Waals surface area contributed by atoms with Crippen LogP contribution in [0.4, 0.5) is 0 Å². The second-order valence-electron chi connectivity index (χ2n) is 8.27. The highest BCUT2D eigenvalue weighted by molar-refractivity contribution is 5.84. The average molecular weight is 383 g/mol. The summed E-state index contributed by atoms with van der Waals surface area (Å²) in [6.45, 7) is 4.77. The molecule has 0 saturated carbocycles. The van der Waals surface area contributed by atoms with Crippen LogP contribution in [0.3, 0.4) is 0 Å². The standard InChI is InChI=1S/C22H25NO5/c1-13(21(24)23-9-14-11-26-12-15(14)10-23)27-16-6-7-18-17-4-2-3-5-19(17)22(25)28-20(18)8-16/h6-8,13-15H,2-5,9-12H2,1H3/t13?,14-,15+. The van der Waals surface area contributed by atoms with E-state index in [1.54, 1.807) is 13.0 Å². The molecule has 3 heterocycles. The first-order valence-corrected chi connectivity index (χ1v) is 10.2. The Morgan fingerprint density at radius 2 is 1.86 bits per heavy atom. The monoisotopic (exact) mass is 383 g/mol. The van der Waals surface area contributed by atoms with Crippen molar-refractivity contribution in [1.29, 1.82) is 0 Å². The van der Waals surface area contributed by atoms with Gasteiger partial charge in [0.05, 0.1) is 13.2 Å². The molecule has 0 spiro atoms. The summed E-state index contributed by atoms with van der Waals surface area (Å²) in [5, 5.41) is 0.980. The van der Waals surface area contributed by atoms with E-state index in [0.717, 1.165) is 68.5 Å². The predicted octanol–water partition coefficient (Wildman–Crippen LogP) is 2.54. The smallest absolute Gasteiger partial charge is 0.339 e. The lowest BCUT2D eigenvalue weighted by Gasteiger charge is -2.22. The van der Waals surface area contributed by atoms with Gasteiger partial charge in [-0.15, -0.1) is 0 Å². The second-order valence-corrected chi connectivity index (χ2v) is 8.27. The van der Waals surface area contributed by atoms with Gasteiger partial charge in [0.15, 0.2) is 6.10 Å². The van der Waals surface area contributed by atoms with Gasteiger partial charge in [0.1, 0.15) is 11.3 Å². The summed E-state index contributed by atoms with van der Waals surface area (Å²) in [6, 6.07) is 5.56. The minimum absolute atomic E-state index is 0.00129. The molecule has 3 aliphatic rings. The number of carbonyl (C=O) groups excluding carboxylic acids is 1. The first kappa shape index (κ1) is 17.7. The third kappa shape index (κ3) is 3.00. The van der Waals surface area contributed by atoms with Gasteiger partial charge in [0.2, 0.25) is 0 Å². The lowest BCUT2D eigenvalue weighted by atomic mass is 9.91. The van der Waals surface area contributed by atoms with E-state index in [9.17, 15) is 9.59 Å². The Kier molecular flexibility index (Phi) is 4.38. The number of hydrogen-bond donors (Lipinski definition) is 0. The van der Waals surface area contributed by atoms with Crippen molar-refractivity contribution in [2.75, 3.05) is 26.3 Å². The van der Waals surface area contributed by atoms with Crippen molar-refractivity contribution in [3.8, 4) is 5.75 Å². The molecule has 2 fully saturated rings. The maximum absolute atomic E-state index is 12.8. The zero-order valence-electron chi connectivity index (χ0n) is 16.1. The summed E-state index contributed by atoms with van der Waals surface area (Å²) in [5.41, 5.74) is 2.23. The number of aryl methyl sites for hydroxylation is 1. The van der Waals surface area contributed by atoms with Crippen molar-refractivity contribution < 1.29 is 18.7 Å². The molecular weight excluding hydrogens is 358 g/mol. The Morgan fingerprint density at radius 3 is 2.61 bits per heavy atom. The minimum atomic E-state index is -0.582. The minimum Gasteiger partial charge on any atom is -0.481 e. The second kappa shape index (κ2) is 6.92. The van der Waals surface area contributed by atoms with Crippen LogP contribution in [-0.4, -0.2) is 43.2 Å². The fraction of sp³-hybridized carbons (Fsp3) is 0.545. The van der Waals surface area contributed by atoms with E-state index < -0.39 is 6.10 Å². The highest BCUT2D eigenvalue weighted by Crippen LogP contribution is 2.31. The molecule has 6 heteroatoms. The predicted molar refractivity (Wildman–Crippen MR) is 104 cm³/mol. The third-order valence-corrected chi connectivity index (χ3v) is 6.41. The molecule has 5 rings (SSSR count). The van der Waals surface area contributed by atoms with Crippen molar-refractivity contribution in [2.24, 2.45) is 11.8 Å². The number of nitrogens with zero attached hydrogens (tertiary/aromatic N) is 1. The Balaban J connectivity index is 1.35. The first-order valence-electron chi connectivity index (χ1n) is 10.2. The fourth-order valence-electron chi connectivity index (χ4n) is 4.88. The summed E-state index contributed by atoms with van der Waals surface area (Å²) >= 11 is 0. The number of amides is 1. The van der Waals surface area contributed by atoms with E-state index >= 15 is 0 Å². The Bertz CT molecular complexity index is 969. The SMILES string of the molecule is CC(Oc1ccc2c3c(c(=O)oc2c1)CCCC3)C(=O)N1C[C@H]2COC[C@H]2C1. The fourth-order valence-corrected chi connectivity index (χ4v) is 4.88.